The average molecular weight is 361 g/mol. The molecule has 2 amide bonds. The minimum Gasteiger partial charge on any atom is -0.454 e. The van der Waals surface area contributed by atoms with Gasteiger partial charge in [-0.2, -0.15) is 0 Å². The number of fused-ring (bicyclic) bond motifs is 1. The van der Waals surface area contributed by atoms with Crippen molar-refractivity contribution in [3.05, 3.63) is 53.1 Å². The Morgan fingerprint density at radius 2 is 1.92 bits per heavy atom. The van der Waals surface area contributed by atoms with E-state index >= 15 is 0 Å². The molecule has 0 aromatic heterocycles. The summed E-state index contributed by atoms with van der Waals surface area (Å²) in [5, 5.41) is 6.06. The molecule has 0 saturated carbocycles. The van der Waals surface area contributed by atoms with Crippen molar-refractivity contribution in [3.63, 3.8) is 0 Å². The van der Waals surface area contributed by atoms with Crippen molar-refractivity contribution in [2.45, 2.75) is 19.4 Å². The van der Waals surface area contributed by atoms with E-state index in [0.717, 1.165) is 0 Å². The highest BCUT2D eigenvalue weighted by molar-refractivity contribution is 6.31. The highest BCUT2D eigenvalue weighted by atomic mass is 35.5. The van der Waals surface area contributed by atoms with Crippen molar-refractivity contribution in [2.75, 3.05) is 12.1 Å². The Bertz CT molecular complexity index is 809. The topological polar surface area (TPSA) is 76.7 Å². The van der Waals surface area contributed by atoms with Gasteiger partial charge in [0.15, 0.2) is 11.5 Å². The number of ether oxygens (including phenoxy) is 2. The Morgan fingerprint density at radius 1 is 1.16 bits per heavy atom. The van der Waals surface area contributed by atoms with Gasteiger partial charge in [0.25, 0.3) is 0 Å². The smallest absolute Gasteiger partial charge is 0.231 e. The Kier molecular flexibility index (Phi) is 5.09. The molecule has 130 valence electrons. The maximum atomic E-state index is 12.4. The van der Waals surface area contributed by atoms with Crippen LogP contribution in [-0.4, -0.2) is 18.6 Å². The summed E-state index contributed by atoms with van der Waals surface area (Å²) in [4.78, 5) is 23.9. The zero-order chi connectivity index (χ0) is 17.8. The third-order valence-electron chi connectivity index (χ3n) is 3.70. The summed E-state index contributed by atoms with van der Waals surface area (Å²) in [5.41, 5.74) is 1.29. The molecule has 0 aliphatic carbocycles. The maximum Gasteiger partial charge on any atom is 0.231 e. The zero-order valence-electron chi connectivity index (χ0n) is 13.5. The monoisotopic (exact) mass is 360 g/mol. The minimum absolute atomic E-state index is 0.0533. The Balaban J connectivity index is 1.72. The molecule has 0 saturated heterocycles. The summed E-state index contributed by atoms with van der Waals surface area (Å²) >= 11 is 6.20. The highest BCUT2D eigenvalue weighted by Crippen LogP contribution is 2.34. The number of benzene rings is 2. The summed E-state index contributed by atoms with van der Waals surface area (Å²) in [6.45, 7) is 1.57. The van der Waals surface area contributed by atoms with Crippen LogP contribution in [0.3, 0.4) is 0 Å². The van der Waals surface area contributed by atoms with Gasteiger partial charge in [-0.05, 0) is 23.8 Å². The normalized spacial score (nSPS) is 13.2. The summed E-state index contributed by atoms with van der Waals surface area (Å²) < 4.78 is 10.5. The van der Waals surface area contributed by atoms with Crippen LogP contribution in [0.15, 0.2) is 42.5 Å². The van der Waals surface area contributed by atoms with Crippen molar-refractivity contribution in [1.82, 2.24) is 5.32 Å². The molecule has 1 unspecified atom stereocenters. The van der Waals surface area contributed by atoms with E-state index in [2.05, 4.69) is 10.6 Å². The Morgan fingerprint density at radius 3 is 2.68 bits per heavy atom. The standard InChI is InChI=1S/C18H17ClN2O4/c1-11(22)20-15(13-4-2-3-5-14(13)19)9-18(23)21-12-6-7-16-17(8-12)25-10-24-16/h2-8,15H,9-10H2,1H3,(H,20,22)(H,21,23). The predicted molar refractivity (Wildman–Crippen MR) is 93.8 cm³/mol. The fourth-order valence-electron chi connectivity index (χ4n) is 2.61. The largest absolute Gasteiger partial charge is 0.454 e. The van der Waals surface area contributed by atoms with Crippen molar-refractivity contribution in [1.29, 1.82) is 0 Å². The maximum absolute atomic E-state index is 12.4. The van der Waals surface area contributed by atoms with Crippen molar-refractivity contribution in [2.24, 2.45) is 0 Å². The molecule has 0 spiro atoms. The number of anilines is 1. The number of halogens is 1. The summed E-state index contributed by atoms with van der Waals surface area (Å²) in [5.74, 6) is 0.742. The van der Waals surface area contributed by atoms with Gasteiger partial charge in [0.05, 0.1) is 12.5 Å². The van der Waals surface area contributed by atoms with Gasteiger partial charge >= 0.3 is 0 Å². The van der Waals surface area contributed by atoms with E-state index in [1.165, 1.54) is 6.92 Å². The van der Waals surface area contributed by atoms with Crippen LogP contribution in [0.2, 0.25) is 5.02 Å². The lowest BCUT2D eigenvalue weighted by atomic mass is 10.0. The van der Waals surface area contributed by atoms with E-state index in [1.54, 1.807) is 36.4 Å². The lowest BCUT2D eigenvalue weighted by Gasteiger charge is -2.19. The molecule has 2 N–H and O–H groups in total. The molecule has 3 rings (SSSR count). The quantitative estimate of drug-likeness (QED) is 0.858. The molecule has 1 heterocycles. The van der Waals surface area contributed by atoms with Crippen molar-refractivity contribution in [3.8, 4) is 11.5 Å². The van der Waals surface area contributed by atoms with Gasteiger partial charge in [0.1, 0.15) is 0 Å². The molecular weight excluding hydrogens is 344 g/mol. The molecule has 2 aromatic rings. The molecule has 2 aromatic carbocycles. The van der Waals surface area contributed by atoms with Crippen LogP contribution in [0.5, 0.6) is 11.5 Å². The van der Waals surface area contributed by atoms with E-state index in [-0.39, 0.29) is 25.0 Å². The van der Waals surface area contributed by atoms with Crippen LogP contribution < -0.4 is 20.1 Å². The van der Waals surface area contributed by atoms with Crippen LogP contribution in [0.1, 0.15) is 24.9 Å². The van der Waals surface area contributed by atoms with Crippen molar-refractivity contribution < 1.29 is 19.1 Å². The molecule has 1 atom stereocenters. The fourth-order valence-corrected chi connectivity index (χ4v) is 2.88. The fraction of sp³-hybridized carbons (Fsp3) is 0.222. The predicted octanol–water partition coefficient (Wildman–Crippen LogP) is 3.27. The number of hydrogen-bond donors (Lipinski definition) is 2. The molecule has 7 heteroatoms. The third kappa shape index (κ3) is 4.22. The Hall–Kier alpha value is -2.73. The second kappa shape index (κ2) is 7.44. The van der Waals surface area contributed by atoms with Gasteiger partial charge in [-0.15, -0.1) is 0 Å². The second-order valence-corrected chi connectivity index (χ2v) is 6.00. The van der Waals surface area contributed by atoms with E-state index in [9.17, 15) is 9.59 Å². The summed E-state index contributed by atoms with van der Waals surface area (Å²) in [6, 6.07) is 11.8. The zero-order valence-corrected chi connectivity index (χ0v) is 14.3. The molecule has 6 nitrogen and oxygen atoms in total. The lowest BCUT2D eigenvalue weighted by Crippen LogP contribution is -2.30. The van der Waals surface area contributed by atoms with Crippen molar-refractivity contribution >= 4 is 29.1 Å². The highest BCUT2D eigenvalue weighted by Gasteiger charge is 2.20. The second-order valence-electron chi connectivity index (χ2n) is 5.59. The first-order valence-corrected chi connectivity index (χ1v) is 8.12. The lowest BCUT2D eigenvalue weighted by molar-refractivity contribution is -0.120. The van der Waals surface area contributed by atoms with E-state index < -0.39 is 6.04 Å². The molecule has 0 radical (unpaired) electrons. The van der Waals surface area contributed by atoms with Crippen LogP contribution >= 0.6 is 11.6 Å². The van der Waals surface area contributed by atoms with Crippen LogP contribution in [-0.2, 0) is 9.59 Å². The van der Waals surface area contributed by atoms with Gasteiger partial charge in [-0.3, -0.25) is 9.59 Å². The first-order valence-electron chi connectivity index (χ1n) is 7.74. The SMILES string of the molecule is CC(=O)NC(CC(=O)Nc1ccc2c(c1)OCO2)c1ccccc1Cl. The number of hydrogen-bond acceptors (Lipinski definition) is 4. The molecule has 1 aliphatic heterocycles. The number of nitrogens with one attached hydrogen (secondary N) is 2. The molecular formula is C18H17ClN2O4. The van der Waals surface area contributed by atoms with Crippen LogP contribution in [0.4, 0.5) is 5.69 Å². The van der Waals surface area contributed by atoms with Gasteiger partial charge in [-0.25, -0.2) is 0 Å². The van der Waals surface area contributed by atoms with Crippen LogP contribution in [0.25, 0.3) is 0 Å². The van der Waals surface area contributed by atoms with Gasteiger partial charge in [-0.1, -0.05) is 29.8 Å². The summed E-state index contributed by atoms with van der Waals surface area (Å²) in [7, 11) is 0. The number of carbonyl (C=O) groups excluding carboxylic acids is 2. The first-order chi connectivity index (χ1) is 12.0. The number of rotatable bonds is 5. The van der Waals surface area contributed by atoms with Gasteiger partial charge in [0.2, 0.25) is 18.6 Å². The van der Waals surface area contributed by atoms with E-state index in [0.29, 0.717) is 27.8 Å². The first kappa shape index (κ1) is 17.1. The van der Waals surface area contributed by atoms with Crippen LogP contribution in [0, 0.1) is 0 Å². The average Bonchev–Trinajstić information content (AvgIpc) is 3.02. The molecule has 0 bridgehead atoms. The molecule has 25 heavy (non-hydrogen) atoms. The number of amides is 2. The number of carbonyl (C=O) groups is 2. The van der Waals surface area contributed by atoms with Gasteiger partial charge < -0.3 is 20.1 Å². The minimum atomic E-state index is -0.514. The van der Waals surface area contributed by atoms with E-state index in [1.807, 2.05) is 6.07 Å². The molecule has 0 fully saturated rings. The third-order valence-corrected chi connectivity index (χ3v) is 4.05. The van der Waals surface area contributed by atoms with E-state index in [4.69, 9.17) is 21.1 Å². The summed E-state index contributed by atoms with van der Waals surface area (Å²) in [6.07, 6.45) is 0.0533. The van der Waals surface area contributed by atoms with Gasteiger partial charge in [0, 0.05) is 23.7 Å². The Labute approximate surface area is 150 Å². The molecule has 1 aliphatic rings.